The summed E-state index contributed by atoms with van der Waals surface area (Å²) in [5, 5.41) is 0. The fraction of sp³-hybridized carbons (Fsp3) is 0.800. The van der Waals surface area contributed by atoms with Gasteiger partial charge in [0, 0.05) is 24.7 Å². The zero-order valence-electron chi connectivity index (χ0n) is 8.80. The molecule has 0 amide bonds. The summed E-state index contributed by atoms with van der Waals surface area (Å²) in [5.41, 5.74) is 5.93. The monoisotopic (exact) mass is 170 g/mol. The lowest BCUT2D eigenvalue weighted by Crippen LogP contribution is -2.46. The van der Waals surface area contributed by atoms with Crippen molar-refractivity contribution in [1.82, 2.24) is 4.90 Å². The SMILES string of the molecule is C=CCN(CC(C)N)C(C)(C)C. The molecule has 0 radical (unpaired) electrons. The van der Waals surface area contributed by atoms with Crippen molar-refractivity contribution in [1.29, 1.82) is 0 Å². The number of nitrogens with zero attached hydrogens (tertiary/aromatic N) is 1. The first-order valence-corrected chi connectivity index (χ1v) is 4.49. The molecule has 72 valence electrons. The van der Waals surface area contributed by atoms with E-state index in [9.17, 15) is 0 Å². The molecule has 12 heavy (non-hydrogen) atoms. The van der Waals surface area contributed by atoms with E-state index in [0.29, 0.717) is 0 Å². The second-order valence-electron chi connectivity index (χ2n) is 4.34. The lowest BCUT2D eigenvalue weighted by atomic mass is 10.1. The van der Waals surface area contributed by atoms with Gasteiger partial charge in [-0.3, -0.25) is 4.90 Å². The molecule has 2 nitrogen and oxygen atoms in total. The van der Waals surface area contributed by atoms with E-state index in [2.05, 4.69) is 32.3 Å². The molecule has 2 heteroatoms. The standard InChI is InChI=1S/C10H22N2/c1-6-7-12(8-9(2)11)10(3,4)5/h6,9H,1,7-8,11H2,2-5H3. The highest BCUT2D eigenvalue weighted by Gasteiger charge is 2.20. The quantitative estimate of drug-likeness (QED) is 0.650. The van der Waals surface area contributed by atoms with Gasteiger partial charge >= 0.3 is 0 Å². The average molecular weight is 170 g/mol. The van der Waals surface area contributed by atoms with E-state index in [1.807, 2.05) is 13.0 Å². The van der Waals surface area contributed by atoms with E-state index in [1.165, 1.54) is 0 Å². The molecule has 0 aromatic rings. The number of nitrogens with two attached hydrogens (primary N) is 1. The lowest BCUT2D eigenvalue weighted by Gasteiger charge is -2.35. The van der Waals surface area contributed by atoms with E-state index in [4.69, 9.17) is 5.73 Å². The van der Waals surface area contributed by atoms with Crippen LogP contribution in [0.3, 0.4) is 0 Å². The molecule has 0 saturated carbocycles. The largest absolute Gasteiger partial charge is 0.327 e. The van der Waals surface area contributed by atoms with Gasteiger partial charge in [-0.25, -0.2) is 0 Å². The van der Waals surface area contributed by atoms with Crippen LogP contribution in [0.1, 0.15) is 27.7 Å². The second-order valence-corrected chi connectivity index (χ2v) is 4.34. The summed E-state index contributed by atoms with van der Waals surface area (Å²) >= 11 is 0. The van der Waals surface area contributed by atoms with Crippen molar-refractivity contribution in [3.05, 3.63) is 12.7 Å². The van der Waals surface area contributed by atoms with Gasteiger partial charge in [0.05, 0.1) is 0 Å². The van der Waals surface area contributed by atoms with Crippen LogP contribution in [0, 0.1) is 0 Å². The highest BCUT2D eigenvalue weighted by Crippen LogP contribution is 2.12. The highest BCUT2D eigenvalue weighted by atomic mass is 15.2. The van der Waals surface area contributed by atoms with Gasteiger partial charge in [-0.05, 0) is 27.7 Å². The number of rotatable bonds is 4. The molecule has 0 aliphatic heterocycles. The maximum Gasteiger partial charge on any atom is 0.0166 e. The van der Waals surface area contributed by atoms with Gasteiger partial charge in [-0.15, -0.1) is 6.58 Å². The van der Waals surface area contributed by atoms with Crippen LogP contribution < -0.4 is 5.73 Å². The topological polar surface area (TPSA) is 29.3 Å². The molecule has 1 unspecified atom stereocenters. The molecule has 2 N–H and O–H groups in total. The smallest absolute Gasteiger partial charge is 0.0166 e. The Balaban J connectivity index is 4.13. The minimum Gasteiger partial charge on any atom is -0.327 e. The Hall–Kier alpha value is -0.340. The van der Waals surface area contributed by atoms with E-state index in [0.717, 1.165) is 13.1 Å². The average Bonchev–Trinajstić information content (AvgIpc) is 1.83. The third kappa shape index (κ3) is 4.52. The normalized spacial score (nSPS) is 14.8. The van der Waals surface area contributed by atoms with Crippen molar-refractivity contribution in [2.45, 2.75) is 39.3 Å². The zero-order chi connectivity index (χ0) is 9.78. The van der Waals surface area contributed by atoms with Gasteiger partial charge in [-0.2, -0.15) is 0 Å². The molecule has 0 heterocycles. The van der Waals surface area contributed by atoms with E-state index < -0.39 is 0 Å². The molecule has 0 aromatic heterocycles. The van der Waals surface area contributed by atoms with Crippen LogP contribution in [0.15, 0.2) is 12.7 Å². The first-order valence-electron chi connectivity index (χ1n) is 4.49. The van der Waals surface area contributed by atoms with Crippen molar-refractivity contribution in [2.24, 2.45) is 5.73 Å². The molecule has 1 atom stereocenters. The van der Waals surface area contributed by atoms with Gasteiger partial charge in [0.25, 0.3) is 0 Å². The van der Waals surface area contributed by atoms with Gasteiger partial charge in [0.1, 0.15) is 0 Å². The lowest BCUT2D eigenvalue weighted by molar-refractivity contribution is 0.147. The highest BCUT2D eigenvalue weighted by molar-refractivity contribution is 4.84. The van der Waals surface area contributed by atoms with Crippen molar-refractivity contribution in [2.75, 3.05) is 13.1 Å². The Morgan fingerprint density at radius 2 is 2.00 bits per heavy atom. The van der Waals surface area contributed by atoms with Crippen LogP contribution in [0.25, 0.3) is 0 Å². The van der Waals surface area contributed by atoms with E-state index in [1.54, 1.807) is 0 Å². The van der Waals surface area contributed by atoms with E-state index >= 15 is 0 Å². The minimum absolute atomic E-state index is 0.182. The molecule has 0 aliphatic rings. The minimum atomic E-state index is 0.182. The summed E-state index contributed by atoms with van der Waals surface area (Å²) in [4.78, 5) is 2.32. The van der Waals surface area contributed by atoms with Crippen LogP contribution >= 0.6 is 0 Å². The molecule has 0 aromatic carbocycles. The van der Waals surface area contributed by atoms with Crippen molar-refractivity contribution < 1.29 is 0 Å². The van der Waals surface area contributed by atoms with Crippen LogP contribution in [0.4, 0.5) is 0 Å². The summed E-state index contributed by atoms with van der Waals surface area (Å²) in [7, 11) is 0. The molecule has 0 saturated heterocycles. The van der Waals surface area contributed by atoms with Crippen molar-refractivity contribution in [3.63, 3.8) is 0 Å². The molecule has 0 aliphatic carbocycles. The number of hydrogen-bond acceptors (Lipinski definition) is 2. The van der Waals surface area contributed by atoms with Gasteiger partial charge in [0.15, 0.2) is 0 Å². The van der Waals surface area contributed by atoms with E-state index in [-0.39, 0.29) is 11.6 Å². The fourth-order valence-corrected chi connectivity index (χ4v) is 1.13. The Morgan fingerprint density at radius 1 is 1.50 bits per heavy atom. The Labute approximate surface area is 76.4 Å². The summed E-state index contributed by atoms with van der Waals surface area (Å²) in [6.45, 7) is 14.2. The molecule has 0 bridgehead atoms. The predicted octanol–water partition coefficient (Wildman–Crippen LogP) is 1.62. The summed E-state index contributed by atoms with van der Waals surface area (Å²) in [6, 6.07) is 0.226. The summed E-state index contributed by atoms with van der Waals surface area (Å²) in [6.07, 6.45) is 1.92. The summed E-state index contributed by atoms with van der Waals surface area (Å²) in [5.74, 6) is 0. The molecule has 0 rings (SSSR count). The van der Waals surface area contributed by atoms with Crippen molar-refractivity contribution >= 4 is 0 Å². The molecular formula is C10H22N2. The van der Waals surface area contributed by atoms with Gasteiger partial charge < -0.3 is 5.73 Å². The molecular weight excluding hydrogens is 148 g/mol. The van der Waals surface area contributed by atoms with Crippen LogP contribution in [0.2, 0.25) is 0 Å². The Kier molecular flexibility index (Phi) is 4.50. The van der Waals surface area contributed by atoms with Gasteiger partial charge in [-0.1, -0.05) is 6.08 Å². The Morgan fingerprint density at radius 3 is 2.25 bits per heavy atom. The van der Waals surface area contributed by atoms with Gasteiger partial charge in [0.2, 0.25) is 0 Å². The number of hydrogen-bond donors (Lipinski definition) is 1. The first-order chi connectivity index (χ1) is 5.38. The second kappa shape index (κ2) is 4.63. The molecule has 0 spiro atoms. The van der Waals surface area contributed by atoms with Crippen LogP contribution in [-0.2, 0) is 0 Å². The van der Waals surface area contributed by atoms with Crippen LogP contribution in [0.5, 0.6) is 0 Å². The third-order valence-electron chi connectivity index (χ3n) is 1.81. The van der Waals surface area contributed by atoms with Crippen LogP contribution in [-0.4, -0.2) is 29.6 Å². The molecule has 0 fully saturated rings. The first kappa shape index (κ1) is 11.7. The maximum atomic E-state index is 5.74. The Bertz CT molecular complexity index is 133. The van der Waals surface area contributed by atoms with Crippen molar-refractivity contribution in [3.8, 4) is 0 Å². The fourth-order valence-electron chi connectivity index (χ4n) is 1.13. The maximum absolute atomic E-state index is 5.74. The third-order valence-corrected chi connectivity index (χ3v) is 1.81. The predicted molar refractivity (Wildman–Crippen MR) is 55.2 cm³/mol. The zero-order valence-corrected chi connectivity index (χ0v) is 8.80. The summed E-state index contributed by atoms with van der Waals surface area (Å²) < 4.78 is 0.